The molecule has 1 aromatic carbocycles. The molecule has 0 bridgehead atoms. The van der Waals surface area contributed by atoms with Gasteiger partial charge in [-0.2, -0.15) is 0 Å². The van der Waals surface area contributed by atoms with Crippen LogP contribution in [0.2, 0.25) is 5.02 Å². The van der Waals surface area contributed by atoms with Crippen LogP contribution in [0.4, 0.5) is 4.39 Å². The van der Waals surface area contributed by atoms with E-state index in [1.165, 1.54) is 11.6 Å². The Morgan fingerprint density at radius 1 is 1.00 bits per heavy atom. The molecule has 2 aromatic rings. The van der Waals surface area contributed by atoms with E-state index in [1.807, 2.05) is 19.3 Å². The van der Waals surface area contributed by atoms with Crippen LogP contribution in [0.5, 0.6) is 0 Å². The topological polar surface area (TPSA) is 19.4 Å². The van der Waals surface area contributed by atoms with Gasteiger partial charge >= 0.3 is 0 Å². The summed E-state index contributed by atoms with van der Waals surface area (Å²) in [5.41, 5.74) is 2.84. The Hall–Kier alpha value is -1.49. The molecule has 1 aromatic heterocycles. The molecule has 2 heterocycles. The van der Waals surface area contributed by atoms with E-state index in [1.54, 1.807) is 6.07 Å². The number of benzene rings is 1. The SMILES string of the molecule is Cc1ccc(F)c(CN2CCCN(Cc3ccncc3)CC2)c1Cl. The van der Waals surface area contributed by atoms with Crippen molar-refractivity contribution < 1.29 is 4.39 Å². The Morgan fingerprint density at radius 3 is 2.38 bits per heavy atom. The first-order valence-corrected chi connectivity index (χ1v) is 8.78. The maximum atomic E-state index is 14.1. The van der Waals surface area contributed by atoms with E-state index < -0.39 is 0 Å². The van der Waals surface area contributed by atoms with Crippen LogP contribution < -0.4 is 0 Å². The first-order chi connectivity index (χ1) is 11.6. The molecule has 24 heavy (non-hydrogen) atoms. The Bertz CT molecular complexity index is 678. The minimum atomic E-state index is -0.205. The van der Waals surface area contributed by atoms with Gasteiger partial charge in [-0.15, -0.1) is 0 Å². The van der Waals surface area contributed by atoms with Gasteiger partial charge in [-0.1, -0.05) is 17.7 Å². The van der Waals surface area contributed by atoms with Gasteiger partial charge in [-0.05, 0) is 55.8 Å². The number of halogens is 2. The summed E-state index contributed by atoms with van der Waals surface area (Å²) in [7, 11) is 0. The third-order valence-corrected chi connectivity index (χ3v) is 5.12. The molecule has 128 valence electrons. The lowest BCUT2D eigenvalue weighted by molar-refractivity contribution is 0.245. The van der Waals surface area contributed by atoms with Crippen LogP contribution in [0.3, 0.4) is 0 Å². The van der Waals surface area contributed by atoms with Gasteiger partial charge in [0, 0.05) is 44.1 Å². The second-order valence-corrected chi connectivity index (χ2v) is 6.80. The third-order valence-electron chi connectivity index (χ3n) is 4.60. The lowest BCUT2D eigenvalue weighted by atomic mass is 10.1. The van der Waals surface area contributed by atoms with Crippen LogP contribution in [0.15, 0.2) is 36.7 Å². The summed E-state index contributed by atoms with van der Waals surface area (Å²) >= 11 is 6.31. The number of nitrogens with zero attached hydrogens (tertiary/aromatic N) is 3. The number of hydrogen-bond donors (Lipinski definition) is 0. The zero-order chi connectivity index (χ0) is 16.9. The fourth-order valence-electron chi connectivity index (χ4n) is 3.17. The summed E-state index contributed by atoms with van der Waals surface area (Å²) in [6.07, 6.45) is 4.75. The predicted molar refractivity (Wildman–Crippen MR) is 95.6 cm³/mol. The van der Waals surface area contributed by atoms with Crippen LogP contribution in [0, 0.1) is 12.7 Å². The van der Waals surface area contributed by atoms with E-state index >= 15 is 0 Å². The predicted octanol–water partition coefficient (Wildman–Crippen LogP) is 3.89. The number of rotatable bonds is 4. The highest BCUT2D eigenvalue weighted by atomic mass is 35.5. The van der Waals surface area contributed by atoms with Gasteiger partial charge < -0.3 is 0 Å². The number of pyridine rings is 1. The smallest absolute Gasteiger partial charge is 0.129 e. The van der Waals surface area contributed by atoms with Gasteiger partial charge in [0.05, 0.1) is 5.02 Å². The Labute approximate surface area is 148 Å². The molecule has 0 spiro atoms. The van der Waals surface area contributed by atoms with Crippen molar-refractivity contribution in [2.45, 2.75) is 26.4 Å². The molecule has 0 radical (unpaired) electrons. The van der Waals surface area contributed by atoms with Crippen molar-refractivity contribution in [3.05, 3.63) is 64.2 Å². The molecule has 0 aliphatic carbocycles. The van der Waals surface area contributed by atoms with Gasteiger partial charge in [-0.3, -0.25) is 14.8 Å². The van der Waals surface area contributed by atoms with Crippen LogP contribution in [0.1, 0.15) is 23.1 Å². The standard InChI is InChI=1S/C19H23ClFN3/c1-15-3-4-18(21)17(19(15)20)14-24-10-2-9-23(11-12-24)13-16-5-7-22-8-6-16/h3-8H,2,9-14H2,1H3. The molecule has 0 atom stereocenters. The minimum absolute atomic E-state index is 0.205. The van der Waals surface area contributed by atoms with Crippen molar-refractivity contribution in [2.24, 2.45) is 0 Å². The summed E-state index contributed by atoms with van der Waals surface area (Å²) < 4.78 is 14.1. The second-order valence-electron chi connectivity index (χ2n) is 6.42. The Balaban J connectivity index is 1.61. The van der Waals surface area contributed by atoms with Gasteiger partial charge in [0.1, 0.15) is 5.82 Å². The van der Waals surface area contributed by atoms with Crippen LogP contribution >= 0.6 is 11.6 Å². The highest BCUT2D eigenvalue weighted by Crippen LogP contribution is 2.25. The van der Waals surface area contributed by atoms with Crippen molar-refractivity contribution in [3.8, 4) is 0 Å². The molecule has 0 amide bonds. The zero-order valence-electron chi connectivity index (χ0n) is 14.0. The second kappa shape index (κ2) is 8.06. The molecular formula is C19H23ClFN3. The average Bonchev–Trinajstić information content (AvgIpc) is 2.81. The highest BCUT2D eigenvalue weighted by Gasteiger charge is 2.18. The summed E-state index contributed by atoms with van der Waals surface area (Å²) in [5.74, 6) is -0.205. The highest BCUT2D eigenvalue weighted by molar-refractivity contribution is 6.32. The van der Waals surface area contributed by atoms with E-state index in [0.29, 0.717) is 17.1 Å². The first kappa shape index (κ1) is 17.3. The summed E-state index contributed by atoms with van der Waals surface area (Å²) in [4.78, 5) is 8.81. The molecule has 1 saturated heterocycles. The molecule has 3 nitrogen and oxygen atoms in total. The zero-order valence-corrected chi connectivity index (χ0v) is 14.8. The summed E-state index contributed by atoms with van der Waals surface area (Å²) in [6, 6.07) is 7.37. The molecule has 1 aliphatic heterocycles. The lowest BCUT2D eigenvalue weighted by Crippen LogP contribution is -2.30. The number of aryl methyl sites for hydroxylation is 1. The van der Waals surface area contributed by atoms with Crippen molar-refractivity contribution in [2.75, 3.05) is 26.2 Å². The van der Waals surface area contributed by atoms with Gasteiger partial charge in [-0.25, -0.2) is 4.39 Å². The monoisotopic (exact) mass is 347 g/mol. The molecule has 5 heteroatoms. The van der Waals surface area contributed by atoms with Crippen molar-refractivity contribution in [3.63, 3.8) is 0 Å². The van der Waals surface area contributed by atoms with E-state index in [-0.39, 0.29) is 5.82 Å². The maximum absolute atomic E-state index is 14.1. The van der Waals surface area contributed by atoms with Crippen molar-refractivity contribution >= 4 is 11.6 Å². The van der Waals surface area contributed by atoms with Crippen LogP contribution in [0.25, 0.3) is 0 Å². The number of hydrogen-bond acceptors (Lipinski definition) is 3. The minimum Gasteiger partial charge on any atom is -0.298 e. The first-order valence-electron chi connectivity index (χ1n) is 8.40. The van der Waals surface area contributed by atoms with Gasteiger partial charge in [0.2, 0.25) is 0 Å². The normalized spacial score (nSPS) is 17.0. The molecule has 3 rings (SSSR count). The fraction of sp³-hybridized carbons (Fsp3) is 0.421. The maximum Gasteiger partial charge on any atom is 0.129 e. The Kier molecular flexibility index (Phi) is 5.82. The molecule has 0 saturated carbocycles. The van der Waals surface area contributed by atoms with Gasteiger partial charge in [0.15, 0.2) is 0 Å². The quantitative estimate of drug-likeness (QED) is 0.836. The van der Waals surface area contributed by atoms with E-state index in [4.69, 9.17) is 11.6 Å². The van der Waals surface area contributed by atoms with E-state index in [2.05, 4.69) is 26.9 Å². The van der Waals surface area contributed by atoms with E-state index in [9.17, 15) is 4.39 Å². The van der Waals surface area contributed by atoms with E-state index in [0.717, 1.165) is 44.7 Å². The third kappa shape index (κ3) is 4.32. The van der Waals surface area contributed by atoms with Gasteiger partial charge in [0.25, 0.3) is 0 Å². The lowest BCUT2D eigenvalue weighted by Gasteiger charge is -2.22. The van der Waals surface area contributed by atoms with Crippen LogP contribution in [-0.2, 0) is 13.1 Å². The summed E-state index contributed by atoms with van der Waals surface area (Å²) in [6.45, 7) is 7.37. The average molecular weight is 348 g/mol. The largest absolute Gasteiger partial charge is 0.298 e. The molecule has 0 N–H and O–H groups in total. The molecule has 0 unspecified atom stereocenters. The molecule has 1 fully saturated rings. The number of aromatic nitrogens is 1. The summed E-state index contributed by atoms with van der Waals surface area (Å²) in [5, 5.41) is 0.563. The molecular weight excluding hydrogens is 325 g/mol. The molecule has 1 aliphatic rings. The fourth-order valence-corrected chi connectivity index (χ4v) is 3.38. The van der Waals surface area contributed by atoms with Crippen molar-refractivity contribution in [1.82, 2.24) is 14.8 Å². The van der Waals surface area contributed by atoms with Crippen LogP contribution in [-0.4, -0.2) is 41.0 Å². The Morgan fingerprint density at radius 2 is 1.67 bits per heavy atom. The van der Waals surface area contributed by atoms with Crippen molar-refractivity contribution in [1.29, 1.82) is 0 Å².